The Kier molecular flexibility index (Phi) is 8.41. The maximum absolute atomic E-state index is 13.6. The van der Waals surface area contributed by atoms with Crippen molar-refractivity contribution in [3.05, 3.63) is 83.7 Å². The van der Waals surface area contributed by atoms with Gasteiger partial charge in [-0.25, -0.2) is 0 Å². The van der Waals surface area contributed by atoms with E-state index in [1.54, 1.807) is 18.2 Å². The molecular formula is C29H36N4O3. The summed E-state index contributed by atoms with van der Waals surface area (Å²) in [6, 6.07) is 17.0. The van der Waals surface area contributed by atoms with E-state index >= 15 is 0 Å². The van der Waals surface area contributed by atoms with Crippen molar-refractivity contribution in [2.75, 3.05) is 7.11 Å². The van der Waals surface area contributed by atoms with Gasteiger partial charge in [0.15, 0.2) is 0 Å². The van der Waals surface area contributed by atoms with Gasteiger partial charge in [0, 0.05) is 37.3 Å². The molecule has 1 atom stereocenters. The molecule has 1 heterocycles. The van der Waals surface area contributed by atoms with E-state index in [1.807, 2.05) is 65.5 Å². The number of hydrogen-bond donors (Lipinski definition) is 1. The van der Waals surface area contributed by atoms with Crippen molar-refractivity contribution in [1.82, 2.24) is 20.0 Å². The van der Waals surface area contributed by atoms with Crippen LogP contribution in [0.2, 0.25) is 0 Å². The molecule has 7 heteroatoms. The molecule has 1 unspecified atom stereocenters. The number of nitrogens with one attached hydrogen (secondary N) is 1. The van der Waals surface area contributed by atoms with Gasteiger partial charge in [-0.2, -0.15) is 5.10 Å². The molecule has 0 saturated heterocycles. The summed E-state index contributed by atoms with van der Waals surface area (Å²) in [6.07, 6.45) is 6.43. The van der Waals surface area contributed by atoms with Crippen molar-refractivity contribution in [1.29, 1.82) is 0 Å². The summed E-state index contributed by atoms with van der Waals surface area (Å²) in [5.74, 6) is 1.03. The average Bonchev–Trinajstić information content (AvgIpc) is 3.63. The van der Waals surface area contributed by atoms with Gasteiger partial charge in [-0.3, -0.25) is 14.3 Å². The maximum atomic E-state index is 13.6. The molecule has 190 valence electrons. The largest absolute Gasteiger partial charge is 0.497 e. The van der Waals surface area contributed by atoms with Crippen molar-refractivity contribution in [2.45, 2.75) is 64.7 Å². The van der Waals surface area contributed by atoms with Gasteiger partial charge in [-0.1, -0.05) is 56.3 Å². The number of rotatable bonds is 12. The molecule has 36 heavy (non-hydrogen) atoms. The van der Waals surface area contributed by atoms with E-state index in [0.29, 0.717) is 25.3 Å². The number of benzene rings is 2. The van der Waals surface area contributed by atoms with Crippen molar-refractivity contribution >= 4 is 11.8 Å². The van der Waals surface area contributed by atoms with Crippen LogP contribution in [0.3, 0.4) is 0 Å². The highest BCUT2D eigenvalue weighted by atomic mass is 16.5. The molecule has 1 saturated carbocycles. The number of aryl methyl sites for hydroxylation is 1. The summed E-state index contributed by atoms with van der Waals surface area (Å²) < 4.78 is 7.10. The summed E-state index contributed by atoms with van der Waals surface area (Å²) in [5.41, 5.74) is 2.84. The normalized spacial score (nSPS) is 13.9. The van der Waals surface area contributed by atoms with Crippen LogP contribution < -0.4 is 10.1 Å². The zero-order valence-corrected chi connectivity index (χ0v) is 21.4. The SMILES string of the molecule is COc1ccc(CCC(=O)N(C2CC2)C(C(=O)NCc2ccccc2)c2cnn(CC(C)C)c2)cc1. The highest BCUT2D eigenvalue weighted by Gasteiger charge is 2.41. The first-order valence-electron chi connectivity index (χ1n) is 12.7. The molecule has 1 aromatic heterocycles. The van der Waals surface area contributed by atoms with Crippen molar-refractivity contribution in [2.24, 2.45) is 5.92 Å². The quantitative estimate of drug-likeness (QED) is 0.406. The van der Waals surface area contributed by atoms with Gasteiger partial charge in [0.05, 0.1) is 13.3 Å². The third kappa shape index (κ3) is 6.74. The zero-order chi connectivity index (χ0) is 25.5. The van der Waals surface area contributed by atoms with Crippen LogP contribution in [0.25, 0.3) is 0 Å². The van der Waals surface area contributed by atoms with Gasteiger partial charge in [0.1, 0.15) is 11.8 Å². The van der Waals surface area contributed by atoms with Crippen LogP contribution in [0, 0.1) is 5.92 Å². The number of methoxy groups -OCH3 is 1. The number of nitrogens with zero attached hydrogens (tertiary/aromatic N) is 3. The molecule has 0 aliphatic heterocycles. The minimum absolute atomic E-state index is 0.00945. The molecule has 2 aromatic carbocycles. The van der Waals surface area contributed by atoms with E-state index in [1.165, 1.54) is 0 Å². The Labute approximate surface area is 213 Å². The lowest BCUT2D eigenvalue weighted by Crippen LogP contribution is -2.44. The Hall–Kier alpha value is -3.61. The minimum atomic E-state index is -0.703. The first-order valence-corrected chi connectivity index (χ1v) is 12.7. The number of carbonyl (C=O) groups is 2. The van der Waals surface area contributed by atoms with Gasteiger partial charge < -0.3 is 15.0 Å². The van der Waals surface area contributed by atoms with Crippen LogP contribution in [0.5, 0.6) is 5.75 Å². The number of carbonyl (C=O) groups excluding carboxylic acids is 2. The fourth-order valence-electron chi connectivity index (χ4n) is 4.40. The van der Waals surface area contributed by atoms with Crippen molar-refractivity contribution < 1.29 is 14.3 Å². The Bertz CT molecular complexity index is 1140. The Morgan fingerprint density at radius 3 is 2.44 bits per heavy atom. The summed E-state index contributed by atoms with van der Waals surface area (Å²) in [7, 11) is 1.64. The fourth-order valence-corrected chi connectivity index (χ4v) is 4.40. The van der Waals surface area contributed by atoms with Crippen molar-refractivity contribution in [3.8, 4) is 5.75 Å². The minimum Gasteiger partial charge on any atom is -0.497 e. The molecule has 1 aliphatic carbocycles. The molecule has 3 aromatic rings. The van der Waals surface area contributed by atoms with E-state index < -0.39 is 6.04 Å². The average molecular weight is 489 g/mol. The van der Waals surface area contributed by atoms with E-state index in [2.05, 4.69) is 24.3 Å². The van der Waals surface area contributed by atoms with Gasteiger partial charge in [-0.05, 0) is 48.4 Å². The predicted molar refractivity (Wildman–Crippen MR) is 139 cm³/mol. The smallest absolute Gasteiger partial charge is 0.247 e. The first kappa shape index (κ1) is 25.5. The molecule has 0 radical (unpaired) electrons. The summed E-state index contributed by atoms with van der Waals surface area (Å²) in [5, 5.41) is 7.56. The van der Waals surface area contributed by atoms with E-state index in [0.717, 1.165) is 41.8 Å². The van der Waals surface area contributed by atoms with Gasteiger partial charge in [0.25, 0.3) is 0 Å². The number of hydrogen-bond acceptors (Lipinski definition) is 4. The third-order valence-electron chi connectivity index (χ3n) is 6.37. The Morgan fingerprint density at radius 2 is 1.81 bits per heavy atom. The second kappa shape index (κ2) is 11.9. The third-order valence-corrected chi connectivity index (χ3v) is 6.37. The molecular weight excluding hydrogens is 452 g/mol. The van der Waals surface area contributed by atoms with Crippen LogP contribution in [-0.2, 0) is 29.1 Å². The van der Waals surface area contributed by atoms with Crippen LogP contribution in [0.15, 0.2) is 67.0 Å². The number of amides is 2. The van der Waals surface area contributed by atoms with E-state index in [9.17, 15) is 9.59 Å². The van der Waals surface area contributed by atoms with Crippen LogP contribution in [-0.4, -0.2) is 39.6 Å². The molecule has 1 aliphatic rings. The van der Waals surface area contributed by atoms with Crippen LogP contribution in [0.4, 0.5) is 0 Å². The molecule has 2 amide bonds. The summed E-state index contributed by atoms with van der Waals surface area (Å²) >= 11 is 0. The topological polar surface area (TPSA) is 76.5 Å². The van der Waals surface area contributed by atoms with E-state index in [4.69, 9.17) is 4.74 Å². The lowest BCUT2D eigenvalue weighted by Gasteiger charge is -2.31. The van der Waals surface area contributed by atoms with Crippen LogP contribution >= 0.6 is 0 Å². The maximum Gasteiger partial charge on any atom is 0.247 e. The first-order chi connectivity index (χ1) is 17.4. The summed E-state index contributed by atoms with van der Waals surface area (Å²) in [4.78, 5) is 29.0. The lowest BCUT2D eigenvalue weighted by molar-refractivity contribution is -0.141. The van der Waals surface area contributed by atoms with Crippen LogP contribution in [0.1, 0.15) is 55.8 Å². The lowest BCUT2D eigenvalue weighted by atomic mass is 10.0. The zero-order valence-electron chi connectivity index (χ0n) is 21.4. The standard InChI is InChI=1S/C29H36N4O3/c1-21(2)19-32-20-24(18-31-32)28(29(35)30-17-23-7-5-4-6-8-23)33(25-12-13-25)27(34)16-11-22-9-14-26(36-3)15-10-22/h4-10,14-15,18,20-21,25,28H,11-13,16-17,19H2,1-3H3,(H,30,35). The second-order valence-electron chi connectivity index (χ2n) is 9.88. The Morgan fingerprint density at radius 1 is 1.08 bits per heavy atom. The predicted octanol–water partition coefficient (Wildman–Crippen LogP) is 4.53. The highest BCUT2D eigenvalue weighted by molar-refractivity contribution is 5.89. The van der Waals surface area contributed by atoms with Crippen molar-refractivity contribution in [3.63, 3.8) is 0 Å². The monoisotopic (exact) mass is 488 g/mol. The van der Waals surface area contributed by atoms with Gasteiger partial charge in [0.2, 0.25) is 11.8 Å². The Balaban J connectivity index is 1.54. The molecule has 0 spiro atoms. The molecule has 1 fully saturated rings. The summed E-state index contributed by atoms with van der Waals surface area (Å²) in [6.45, 7) is 5.43. The van der Waals surface area contributed by atoms with Gasteiger partial charge >= 0.3 is 0 Å². The number of ether oxygens (including phenoxy) is 1. The molecule has 1 N–H and O–H groups in total. The second-order valence-corrected chi connectivity index (χ2v) is 9.88. The van der Waals surface area contributed by atoms with E-state index in [-0.39, 0.29) is 17.9 Å². The number of aromatic nitrogens is 2. The highest BCUT2D eigenvalue weighted by Crippen LogP contribution is 2.35. The van der Waals surface area contributed by atoms with Gasteiger partial charge in [-0.15, -0.1) is 0 Å². The molecule has 0 bridgehead atoms. The molecule has 4 rings (SSSR count). The fraction of sp³-hybridized carbons (Fsp3) is 0.414. The molecule has 7 nitrogen and oxygen atoms in total.